The fourth-order valence-electron chi connectivity index (χ4n) is 2.45. The SMILES string of the molecule is CCC(C)(CNCCOC)C1CCS(=O)(=O)C1. The highest BCUT2D eigenvalue weighted by Crippen LogP contribution is 2.37. The number of rotatable bonds is 7. The van der Waals surface area contributed by atoms with E-state index < -0.39 is 9.84 Å². The molecule has 1 fully saturated rings. The maximum Gasteiger partial charge on any atom is 0.150 e. The minimum absolute atomic E-state index is 0.0807. The van der Waals surface area contributed by atoms with E-state index in [0.29, 0.717) is 24.0 Å². The summed E-state index contributed by atoms with van der Waals surface area (Å²) in [7, 11) is -1.09. The van der Waals surface area contributed by atoms with Crippen molar-refractivity contribution < 1.29 is 13.2 Å². The third-order valence-corrected chi connectivity index (χ3v) is 5.81. The van der Waals surface area contributed by atoms with Gasteiger partial charge in [-0.25, -0.2) is 8.42 Å². The molecule has 1 rings (SSSR count). The molecule has 1 aliphatic rings. The summed E-state index contributed by atoms with van der Waals surface area (Å²) in [5, 5.41) is 3.36. The van der Waals surface area contributed by atoms with E-state index >= 15 is 0 Å². The van der Waals surface area contributed by atoms with E-state index in [4.69, 9.17) is 4.74 Å². The monoisotopic (exact) mass is 263 g/mol. The van der Waals surface area contributed by atoms with Crippen molar-refractivity contribution in [2.45, 2.75) is 26.7 Å². The summed E-state index contributed by atoms with van der Waals surface area (Å²) in [4.78, 5) is 0. The average molecular weight is 263 g/mol. The first-order chi connectivity index (χ1) is 7.93. The van der Waals surface area contributed by atoms with Crippen LogP contribution in [0, 0.1) is 11.3 Å². The van der Waals surface area contributed by atoms with Crippen LogP contribution in [0.3, 0.4) is 0 Å². The number of hydrogen-bond donors (Lipinski definition) is 1. The van der Waals surface area contributed by atoms with Gasteiger partial charge in [-0.15, -0.1) is 0 Å². The predicted molar refractivity (Wildman–Crippen MR) is 69.9 cm³/mol. The summed E-state index contributed by atoms with van der Waals surface area (Å²) < 4.78 is 28.1. The van der Waals surface area contributed by atoms with Crippen LogP contribution >= 0.6 is 0 Å². The third kappa shape index (κ3) is 4.23. The highest BCUT2D eigenvalue weighted by atomic mass is 32.2. The molecule has 1 saturated heterocycles. The van der Waals surface area contributed by atoms with Crippen molar-refractivity contribution in [1.29, 1.82) is 0 Å². The first-order valence-electron chi connectivity index (χ1n) is 6.33. The second-order valence-corrected chi connectivity index (χ2v) is 7.51. The van der Waals surface area contributed by atoms with Gasteiger partial charge in [-0.1, -0.05) is 13.8 Å². The van der Waals surface area contributed by atoms with Crippen LogP contribution in [0.4, 0.5) is 0 Å². The van der Waals surface area contributed by atoms with Crippen molar-refractivity contribution in [3.05, 3.63) is 0 Å². The molecule has 0 spiro atoms. The smallest absolute Gasteiger partial charge is 0.150 e. The zero-order chi connectivity index (χ0) is 12.9. The Morgan fingerprint density at radius 2 is 2.18 bits per heavy atom. The summed E-state index contributed by atoms with van der Waals surface area (Å²) in [5.74, 6) is 1.03. The van der Waals surface area contributed by atoms with Crippen LogP contribution in [0.5, 0.6) is 0 Å². The molecule has 17 heavy (non-hydrogen) atoms. The molecule has 0 aromatic rings. The minimum Gasteiger partial charge on any atom is -0.383 e. The molecular weight excluding hydrogens is 238 g/mol. The Balaban J connectivity index is 2.50. The quantitative estimate of drug-likeness (QED) is 0.698. The van der Waals surface area contributed by atoms with Crippen LogP contribution < -0.4 is 5.32 Å². The molecule has 0 bridgehead atoms. The van der Waals surface area contributed by atoms with Crippen molar-refractivity contribution in [3.8, 4) is 0 Å². The van der Waals surface area contributed by atoms with Crippen LogP contribution in [0.1, 0.15) is 26.7 Å². The molecule has 4 nitrogen and oxygen atoms in total. The van der Waals surface area contributed by atoms with Crippen molar-refractivity contribution in [2.75, 3.05) is 38.3 Å². The Kier molecular flexibility index (Phi) is 5.41. The van der Waals surface area contributed by atoms with Gasteiger partial charge >= 0.3 is 0 Å². The predicted octanol–water partition coefficient (Wildman–Crippen LogP) is 1.07. The Bertz CT molecular complexity index is 329. The number of nitrogens with one attached hydrogen (secondary N) is 1. The van der Waals surface area contributed by atoms with Gasteiger partial charge in [0.2, 0.25) is 0 Å². The van der Waals surface area contributed by atoms with Crippen LogP contribution in [-0.2, 0) is 14.6 Å². The lowest BCUT2D eigenvalue weighted by Gasteiger charge is -2.34. The number of sulfone groups is 1. The maximum absolute atomic E-state index is 11.5. The van der Waals surface area contributed by atoms with Gasteiger partial charge in [-0.05, 0) is 24.2 Å². The molecule has 1 heterocycles. The van der Waals surface area contributed by atoms with E-state index in [2.05, 4.69) is 19.2 Å². The molecule has 0 radical (unpaired) electrons. The fraction of sp³-hybridized carbons (Fsp3) is 1.00. The van der Waals surface area contributed by atoms with Gasteiger partial charge in [0, 0.05) is 20.2 Å². The molecule has 1 aliphatic heterocycles. The van der Waals surface area contributed by atoms with Crippen LogP contribution in [0.25, 0.3) is 0 Å². The Labute approximate surface area is 105 Å². The van der Waals surface area contributed by atoms with E-state index in [0.717, 1.165) is 25.9 Å². The van der Waals surface area contributed by atoms with Gasteiger partial charge in [0.15, 0.2) is 9.84 Å². The number of methoxy groups -OCH3 is 1. The lowest BCUT2D eigenvalue weighted by atomic mass is 9.74. The molecule has 2 unspecified atom stereocenters. The molecule has 0 aromatic carbocycles. The summed E-state index contributed by atoms with van der Waals surface area (Å²) in [6.45, 7) is 6.72. The summed E-state index contributed by atoms with van der Waals surface area (Å²) >= 11 is 0. The lowest BCUT2D eigenvalue weighted by molar-refractivity contribution is 0.167. The zero-order valence-electron chi connectivity index (χ0n) is 11.2. The first-order valence-corrected chi connectivity index (χ1v) is 8.16. The van der Waals surface area contributed by atoms with Crippen molar-refractivity contribution in [2.24, 2.45) is 11.3 Å². The van der Waals surface area contributed by atoms with Gasteiger partial charge in [-0.3, -0.25) is 0 Å². The van der Waals surface area contributed by atoms with Crippen molar-refractivity contribution in [3.63, 3.8) is 0 Å². The van der Waals surface area contributed by atoms with Gasteiger partial charge < -0.3 is 10.1 Å². The van der Waals surface area contributed by atoms with Gasteiger partial charge in [0.1, 0.15) is 0 Å². The first kappa shape index (κ1) is 14.9. The molecule has 0 saturated carbocycles. The summed E-state index contributed by atoms with van der Waals surface area (Å²) in [5.41, 5.74) is 0.0807. The largest absolute Gasteiger partial charge is 0.383 e. The molecule has 0 amide bonds. The molecule has 2 atom stereocenters. The minimum atomic E-state index is -2.78. The molecule has 102 valence electrons. The molecule has 0 aliphatic carbocycles. The highest BCUT2D eigenvalue weighted by Gasteiger charge is 2.39. The van der Waals surface area contributed by atoms with Crippen LogP contribution in [0.15, 0.2) is 0 Å². The number of ether oxygens (including phenoxy) is 1. The Hall–Kier alpha value is -0.130. The average Bonchev–Trinajstić information content (AvgIpc) is 2.65. The molecular formula is C12H25NO3S. The maximum atomic E-state index is 11.5. The zero-order valence-corrected chi connectivity index (χ0v) is 12.0. The molecule has 1 N–H and O–H groups in total. The van der Waals surface area contributed by atoms with E-state index in [-0.39, 0.29) is 5.41 Å². The van der Waals surface area contributed by atoms with E-state index in [1.54, 1.807) is 7.11 Å². The summed E-state index contributed by atoms with van der Waals surface area (Å²) in [6, 6.07) is 0. The van der Waals surface area contributed by atoms with Gasteiger partial charge in [0.05, 0.1) is 18.1 Å². The Morgan fingerprint density at radius 1 is 1.47 bits per heavy atom. The highest BCUT2D eigenvalue weighted by molar-refractivity contribution is 7.91. The lowest BCUT2D eigenvalue weighted by Crippen LogP contribution is -2.39. The van der Waals surface area contributed by atoms with Crippen LogP contribution in [0.2, 0.25) is 0 Å². The van der Waals surface area contributed by atoms with E-state index in [1.807, 2.05) is 0 Å². The molecule has 5 heteroatoms. The van der Waals surface area contributed by atoms with E-state index in [9.17, 15) is 8.42 Å². The standard InChI is InChI=1S/C12H25NO3S/c1-4-12(2,10-13-6-7-16-3)11-5-8-17(14,15)9-11/h11,13H,4-10H2,1-3H3. The third-order valence-electron chi connectivity index (χ3n) is 4.04. The normalized spacial score (nSPS) is 26.9. The second-order valence-electron chi connectivity index (χ2n) is 5.28. The van der Waals surface area contributed by atoms with Crippen LogP contribution in [-0.4, -0.2) is 46.7 Å². The number of hydrogen-bond acceptors (Lipinski definition) is 4. The fourth-order valence-corrected chi connectivity index (χ4v) is 4.44. The Morgan fingerprint density at radius 3 is 2.65 bits per heavy atom. The van der Waals surface area contributed by atoms with Crippen molar-refractivity contribution in [1.82, 2.24) is 5.32 Å². The van der Waals surface area contributed by atoms with Gasteiger partial charge in [0.25, 0.3) is 0 Å². The van der Waals surface area contributed by atoms with Gasteiger partial charge in [-0.2, -0.15) is 0 Å². The summed E-state index contributed by atoms with van der Waals surface area (Å²) in [6.07, 6.45) is 1.83. The van der Waals surface area contributed by atoms with E-state index in [1.165, 1.54) is 0 Å². The topological polar surface area (TPSA) is 55.4 Å². The van der Waals surface area contributed by atoms with Crippen molar-refractivity contribution >= 4 is 9.84 Å². The molecule has 0 aromatic heterocycles. The second kappa shape index (κ2) is 6.16.